The zero-order valence-electron chi connectivity index (χ0n) is 18.9. The number of benzene rings is 2. The molecule has 3 heterocycles. The van der Waals surface area contributed by atoms with Gasteiger partial charge < -0.3 is 4.57 Å². The van der Waals surface area contributed by atoms with Crippen LogP contribution in [0.3, 0.4) is 0 Å². The van der Waals surface area contributed by atoms with Crippen molar-refractivity contribution in [2.45, 2.75) is 27.7 Å². The van der Waals surface area contributed by atoms with Crippen molar-refractivity contribution in [1.82, 2.24) is 9.58 Å². The fourth-order valence-electron chi connectivity index (χ4n) is 4.16. The van der Waals surface area contributed by atoms with Gasteiger partial charge in [0.15, 0.2) is 5.84 Å². The number of hydrogen-bond donors (Lipinski definition) is 1. The fourth-order valence-corrected chi connectivity index (χ4v) is 5.05. The molecular weight excluding hydrogens is 430 g/mol. The van der Waals surface area contributed by atoms with E-state index in [1.807, 2.05) is 63.2 Å². The summed E-state index contributed by atoms with van der Waals surface area (Å²) in [7, 11) is 0. The van der Waals surface area contributed by atoms with Crippen LogP contribution in [0, 0.1) is 33.1 Å². The second-order valence-corrected chi connectivity index (χ2v) is 9.20. The largest absolute Gasteiger partial charge is 0.318 e. The minimum atomic E-state index is -0.417. The predicted molar refractivity (Wildman–Crippen MR) is 135 cm³/mol. The molecule has 0 radical (unpaired) electrons. The molecule has 1 aromatic heterocycles. The lowest BCUT2D eigenvalue weighted by Crippen LogP contribution is -2.35. The molecule has 0 unspecified atom stereocenters. The molecule has 2 aliphatic rings. The van der Waals surface area contributed by atoms with E-state index in [1.54, 1.807) is 6.08 Å². The molecule has 0 saturated carbocycles. The summed E-state index contributed by atoms with van der Waals surface area (Å²) in [6, 6.07) is 18.2. The number of amides is 1. The summed E-state index contributed by atoms with van der Waals surface area (Å²) in [5.74, 6) is -0.374. The van der Waals surface area contributed by atoms with Crippen LogP contribution in [0.25, 0.3) is 11.8 Å². The molecule has 1 N–H and O–H groups in total. The molecule has 0 atom stereocenters. The zero-order valence-corrected chi connectivity index (χ0v) is 19.7. The molecule has 2 aliphatic heterocycles. The normalized spacial score (nSPS) is 16.8. The van der Waals surface area contributed by atoms with Crippen molar-refractivity contribution < 1.29 is 4.79 Å². The van der Waals surface area contributed by atoms with Crippen LogP contribution in [0.5, 0.6) is 0 Å². The Bertz CT molecular complexity index is 1430. The Morgan fingerprint density at radius 3 is 2.55 bits per heavy atom. The molecule has 3 aromatic rings. The number of amidine groups is 2. The van der Waals surface area contributed by atoms with Gasteiger partial charge in [-0.05, 0) is 74.9 Å². The van der Waals surface area contributed by atoms with E-state index in [0.717, 1.165) is 38.8 Å². The van der Waals surface area contributed by atoms with Crippen LogP contribution in [-0.2, 0) is 4.79 Å². The first-order valence-corrected chi connectivity index (χ1v) is 11.5. The average Bonchev–Trinajstić information content (AvgIpc) is 3.32. The zero-order chi connectivity index (χ0) is 23.3. The van der Waals surface area contributed by atoms with E-state index >= 15 is 0 Å². The summed E-state index contributed by atoms with van der Waals surface area (Å²) in [6.07, 6.45) is 1.76. The van der Waals surface area contributed by atoms with Crippen molar-refractivity contribution in [2.24, 2.45) is 10.1 Å². The second-order valence-electron chi connectivity index (χ2n) is 8.24. The first-order valence-electron chi connectivity index (χ1n) is 10.7. The van der Waals surface area contributed by atoms with Gasteiger partial charge in [-0.3, -0.25) is 10.2 Å². The van der Waals surface area contributed by atoms with Crippen LogP contribution in [0.4, 0.5) is 0 Å². The van der Waals surface area contributed by atoms with Crippen molar-refractivity contribution in [3.63, 3.8) is 0 Å². The summed E-state index contributed by atoms with van der Waals surface area (Å²) >= 11 is 1.31. The number of hydrogen-bond acceptors (Lipinski definition) is 4. The first-order chi connectivity index (χ1) is 15.8. The molecule has 0 bridgehead atoms. The fraction of sp³-hybridized carbons (Fsp3) is 0.154. The third kappa shape index (κ3) is 3.64. The minimum absolute atomic E-state index is 0.0425. The summed E-state index contributed by atoms with van der Waals surface area (Å²) in [5.41, 5.74) is 7.53. The molecular formula is C26H23N5OS. The van der Waals surface area contributed by atoms with Crippen LogP contribution < -0.4 is 0 Å². The van der Waals surface area contributed by atoms with Gasteiger partial charge in [-0.15, -0.1) is 0 Å². The van der Waals surface area contributed by atoms with E-state index in [2.05, 4.69) is 33.7 Å². The Labute approximate surface area is 196 Å². The number of aliphatic imine (C=N–C) groups is 1. The Morgan fingerprint density at radius 1 is 1.00 bits per heavy atom. The number of para-hydroxylation sites is 1. The summed E-state index contributed by atoms with van der Waals surface area (Å²) < 4.78 is 2.17. The predicted octanol–water partition coefficient (Wildman–Crippen LogP) is 5.38. The number of aryl methyl sites for hydroxylation is 3. The first kappa shape index (κ1) is 21.2. The number of aromatic nitrogens is 1. The van der Waals surface area contributed by atoms with E-state index in [0.29, 0.717) is 5.17 Å². The molecule has 164 valence electrons. The number of nitrogens with zero attached hydrogens (tertiary/aromatic N) is 4. The Balaban J connectivity index is 1.53. The SMILES string of the molecule is Cc1cccc(C2=NN3C(=N)C(=Cc4cc(C)n(-c5ccccc5C)c4C)C(=O)N=C3S2)c1. The summed E-state index contributed by atoms with van der Waals surface area (Å²) in [4.78, 5) is 17.1. The van der Waals surface area contributed by atoms with Gasteiger partial charge >= 0.3 is 0 Å². The topological polar surface area (TPSA) is 73.8 Å². The van der Waals surface area contributed by atoms with Crippen LogP contribution in [0.1, 0.15) is 33.6 Å². The number of carbonyl (C=O) groups is 1. The third-order valence-electron chi connectivity index (χ3n) is 5.85. The van der Waals surface area contributed by atoms with Crippen molar-refractivity contribution in [3.8, 4) is 5.69 Å². The van der Waals surface area contributed by atoms with Gasteiger partial charge in [-0.2, -0.15) is 15.1 Å². The molecule has 0 spiro atoms. The molecule has 0 saturated heterocycles. The number of nitrogens with one attached hydrogen (secondary N) is 1. The third-order valence-corrected chi connectivity index (χ3v) is 6.80. The maximum absolute atomic E-state index is 12.9. The van der Waals surface area contributed by atoms with E-state index < -0.39 is 5.91 Å². The summed E-state index contributed by atoms with van der Waals surface area (Å²) in [5, 5.41) is 15.9. The van der Waals surface area contributed by atoms with Gasteiger partial charge in [0.05, 0.1) is 5.57 Å². The van der Waals surface area contributed by atoms with Crippen LogP contribution >= 0.6 is 11.8 Å². The Hall–Kier alpha value is -3.71. The molecule has 2 aromatic carbocycles. The second kappa shape index (κ2) is 8.01. The average molecular weight is 454 g/mol. The highest BCUT2D eigenvalue weighted by Gasteiger charge is 2.36. The van der Waals surface area contributed by atoms with Gasteiger partial charge in [0, 0.05) is 22.6 Å². The minimum Gasteiger partial charge on any atom is -0.318 e. The van der Waals surface area contributed by atoms with Crippen molar-refractivity contribution in [3.05, 3.63) is 93.8 Å². The van der Waals surface area contributed by atoms with Crippen LogP contribution in [-0.4, -0.2) is 31.5 Å². The molecule has 7 heteroatoms. The van der Waals surface area contributed by atoms with E-state index in [9.17, 15) is 4.79 Å². The van der Waals surface area contributed by atoms with Gasteiger partial charge in [-0.25, -0.2) is 0 Å². The lowest BCUT2D eigenvalue weighted by molar-refractivity contribution is -0.114. The number of rotatable bonds is 3. The molecule has 33 heavy (non-hydrogen) atoms. The smallest absolute Gasteiger partial charge is 0.283 e. The number of thioether (sulfide) groups is 1. The maximum Gasteiger partial charge on any atom is 0.283 e. The molecule has 1 amide bonds. The molecule has 0 fully saturated rings. The lowest BCUT2D eigenvalue weighted by Gasteiger charge is -2.20. The van der Waals surface area contributed by atoms with Gasteiger partial charge in [0.1, 0.15) is 5.04 Å². The number of fused-ring (bicyclic) bond motifs is 1. The Morgan fingerprint density at radius 2 is 1.79 bits per heavy atom. The highest BCUT2D eigenvalue weighted by Crippen LogP contribution is 2.32. The van der Waals surface area contributed by atoms with Gasteiger partial charge in [-0.1, -0.05) is 42.0 Å². The molecule has 5 rings (SSSR count). The standard InChI is InChI=1S/C26H23N5OS/c1-15-8-7-10-19(12-15)25-29-31-23(27)21(24(32)28-26(31)33-25)14-20-13-17(3)30(18(20)4)22-11-6-5-9-16(22)2/h5-14,27H,1-4H3. The monoisotopic (exact) mass is 453 g/mol. The highest BCUT2D eigenvalue weighted by atomic mass is 32.2. The van der Waals surface area contributed by atoms with E-state index in [-0.39, 0.29) is 11.4 Å². The van der Waals surface area contributed by atoms with E-state index in [1.165, 1.54) is 22.3 Å². The summed E-state index contributed by atoms with van der Waals surface area (Å²) in [6.45, 7) is 8.17. The molecule has 0 aliphatic carbocycles. The van der Waals surface area contributed by atoms with E-state index in [4.69, 9.17) is 5.41 Å². The van der Waals surface area contributed by atoms with Crippen molar-refractivity contribution in [1.29, 1.82) is 5.41 Å². The van der Waals surface area contributed by atoms with Crippen molar-refractivity contribution in [2.75, 3.05) is 0 Å². The maximum atomic E-state index is 12.9. The number of hydrazone groups is 1. The lowest BCUT2D eigenvalue weighted by atomic mass is 10.1. The van der Waals surface area contributed by atoms with Crippen LogP contribution in [0.2, 0.25) is 0 Å². The van der Waals surface area contributed by atoms with Gasteiger partial charge in [0.25, 0.3) is 5.91 Å². The highest BCUT2D eigenvalue weighted by molar-refractivity contribution is 8.27. The molecule has 6 nitrogen and oxygen atoms in total. The van der Waals surface area contributed by atoms with Crippen LogP contribution in [0.15, 0.2) is 70.3 Å². The van der Waals surface area contributed by atoms with Gasteiger partial charge in [0.2, 0.25) is 5.17 Å². The quantitative estimate of drug-likeness (QED) is 0.541. The Kier molecular flexibility index (Phi) is 5.13. The number of carbonyl (C=O) groups excluding carboxylic acids is 1. The van der Waals surface area contributed by atoms with Crippen molar-refractivity contribution >= 4 is 39.8 Å².